The summed E-state index contributed by atoms with van der Waals surface area (Å²) >= 11 is 6.12. The number of halogens is 1. The van der Waals surface area contributed by atoms with Crippen LogP contribution in [0.4, 0.5) is 5.82 Å². The first-order chi connectivity index (χ1) is 7.61. The van der Waals surface area contributed by atoms with Crippen molar-refractivity contribution in [2.24, 2.45) is 0 Å². The maximum Gasteiger partial charge on any atom is 0.174 e. The molecule has 0 amide bonds. The molecule has 84 valence electrons. The summed E-state index contributed by atoms with van der Waals surface area (Å²) in [4.78, 5) is 0. The summed E-state index contributed by atoms with van der Waals surface area (Å²) in [6.45, 7) is 4.09. The van der Waals surface area contributed by atoms with Gasteiger partial charge in [-0.2, -0.15) is 0 Å². The van der Waals surface area contributed by atoms with Gasteiger partial charge < -0.3 is 10.3 Å². The van der Waals surface area contributed by atoms with Gasteiger partial charge in [0.15, 0.2) is 11.6 Å². The summed E-state index contributed by atoms with van der Waals surface area (Å²) in [7, 11) is 0. The minimum Gasteiger partial charge on any atom is -0.381 e. The molecule has 2 aromatic rings. The molecule has 4 heteroatoms. The summed E-state index contributed by atoms with van der Waals surface area (Å²) in [6, 6.07) is 7.50. The van der Waals surface area contributed by atoms with Crippen molar-refractivity contribution in [1.29, 1.82) is 0 Å². The fraction of sp³-hybridized carbons (Fsp3) is 0.250. The van der Waals surface area contributed by atoms with Crippen LogP contribution in [0.5, 0.6) is 0 Å². The molecule has 0 saturated heterocycles. The van der Waals surface area contributed by atoms with E-state index in [1.54, 1.807) is 0 Å². The third-order valence-electron chi connectivity index (χ3n) is 2.45. The molecule has 1 aromatic heterocycles. The third kappa shape index (κ3) is 1.78. The lowest BCUT2D eigenvalue weighted by atomic mass is 9.99. The van der Waals surface area contributed by atoms with E-state index >= 15 is 0 Å². The van der Waals surface area contributed by atoms with E-state index in [4.69, 9.17) is 21.9 Å². The normalized spacial score (nSPS) is 11.0. The van der Waals surface area contributed by atoms with Crippen LogP contribution in [0.3, 0.4) is 0 Å². The Morgan fingerprint density at radius 3 is 2.62 bits per heavy atom. The van der Waals surface area contributed by atoms with Crippen LogP contribution in [0.2, 0.25) is 5.02 Å². The van der Waals surface area contributed by atoms with Gasteiger partial charge in [-0.15, -0.1) is 0 Å². The number of nitrogen functional groups attached to an aromatic ring is 1. The maximum absolute atomic E-state index is 6.12. The number of aromatic nitrogens is 1. The van der Waals surface area contributed by atoms with E-state index in [1.165, 1.54) is 0 Å². The predicted octanol–water partition coefficient (Wildman–Crippen LogP) is 3.70. The topological polar surface area (TPSA) is 52.0 Å². The first-order valence-corrected chi connectivity index (χ1v) is 5.49. The van der Waals surface area contributed by atoms with Crippen LogP contribution in [0.25, 0.3) is 11.3 Å². The molecule has 0 bridgehead atoms. The fourth-order valence-corrected chi connectivity index (χ4v) is 1.93. The number of rotatable bonds is 2. The molecule has 3 nitrogen and oxygen atoms in total. The van der Waals surface area contributed by atoms with Crippen molar-refractivity contribution in [3.8, 4) is 11.3 Å². The quantitative estimate of drug-likeness (QED) is 0.865. The highest BCUT2D eigenvalue weighted by molar-refractivity contribution is 6.33. The van der Waals surface area contributed by atoms with E-state index in [-0.39, 0.29) is 5.92 Å². The van der Waals surface area contributed by atoms with Gasteiger partial charge in [0, 0.05) is 11.1 Å². The van der Waals surface area contributed by atoms with E-state index in [9.17, 15) is 0 Å². The van der Waals surface area contributed by atoms with Gasteiger partial charge in [0.2, 0.25) is 0 Å². The molecule has 1 heterocycles. The Labute approximate surface area is 99.2 Å². The van der Waals surface area contributed by atoms with Gasteiger partial charge in [0.05, 0.1) is 5.02 Å². The van der Waals surface area contributed by atoms with Crippen LogP contribution in [0.1, 0.15) is 25.3 Å². The van der Waals surface area contributed by atoms with Crippen LogP contribution in [-0.2, 0) is 0 Å². The summed E-state index contributed by atoms with van der Waals surface area (Å²) < 4.78 is 5.26. The van der Waals surface area contributed by atoms with Gasteiger partial charge in [0.1, 0.15) is 0 Å². The Morgan fingerprint density at radius 1 is 1.31 bits per heavy atom. The van der Waals surface area contributed by atoms with Crippen molar-refractivity contribution in [1.82, 2.24) is 5.16 Å². The van der Waals surface area contributed by atoms with E-state index in [2.05, 4.69) is 5.16 Å². The second-order valence-corrected chi connectivity index (χ2v) is 4.35. The Balaban J connectivity index is 2.61. The van der Waals surface area contributed by atoms with E-state index < -0.39 is 0 Å². The number of anilines is 1. The fourth-order valence-electron chi connectivity index (χ4n) is 1.71. The second kappa shape index (κ2) is 4.18. The molecule has 0 aliphatic rings. The molecule has 0 fully saturated rings. The minimum absolute atomic E-state index is 0.248. The van der Waals surface area contributed by atoms with Gasteiger partial charge >= 0.3 is 0 Å². The largest absolute Gasteiger partial charge is 0.381 e. The maximum atomic E-state index is 6.12. The molecule has 1 aromatic carbocycles. The van der Waals surface area contributed by atoms with Gasteiger partial charge in [-0.25, -0.2) is 0 Å². The second-order valence-electron chi connectivity index (χ2n) is 3.95. The SMILES string of the molecule is CC(C)c1c(N)noc1-c1ccccc1Cl. The van der Waals surface area contributed by atoms with Crippen molar-refractivity contribution in [3.05, 3.63) is 34.9 Å². The van der Waals surface area contributed by atoms with Crippen molar-refractivity contribution in [2.75, 3.05) is 5.73 Å². The summed E-state index contributed by atoms with van der Waals surface area (Å²) in [5, 5.41) is 4.44. The highest BCUT2D eigenvalue weighted by Gasteiger charge is 2.19. The summed E-state index contributed by atoms with van der Waals surface area (Å²) in [5.41, 5.74) is 7.52. The molecule has 0 aliphatic heterocycles. The molecular formula is C12H13ClN2O. The lowest BCUT2D eigenvalue weighted by Gasteiger charge is -2.06. The molecule has 0 radical (unpaired) electrons. The zero-order valence-corrected chi connectivity index (χ0v) is 9.95. The molecule has 2 rings (SSSR count). The Hall–Kier alpha value is -1.48. The van der Waals surface area contributed by atoms with Gasteiger partial charge in [-0.3, -0.25) is 0 Å². The molecular weight excluding hydrogens is 224 g/mol. The molecule has 16 heavy (non-hydrogen) atoms. The predicted molar refractivity (Wildman–Crippen MR) is 65.5 cm³/mol. The number of nitrogens with zero attached hydrogens (tertiary/aromatic N) is 1. The van der Waals surface area contributed by atoms with Crippen LogP contribution in [-0.4, -0.2) is 5.16 Å². The lowest BCUT2D eigenvalue weighted by Crippen LogP contribution is -1.95. The summed E-state index contributed by atoms with van der Waals surface area (Å²) in [5.74, 6) is 1.35. The van der Waals surface area contributed by atoms with Crippen molar-refractivity contribution in [2.45, 2.75) is 19.8 Å². The Kier molecular flexibility index (Phi) is 2.88. The lowest BCUT2D eigenvalue weighted by molar-refractivity contribution is 0.434. The number of hydrogen-bond donors (Lipinski definition) is 1. The first-order valence-electron chi connectivity index (χ1n) is 5.11. The average Bonchev–Trinajstić information content (AvgIpc) is 2.61. The summed E-state index contributed by atoms with van der Waals surface area (Å²) in [6.07, 6.45) is 0. The van der Waals surface area contributed by atoms with Crippen LogP contribution in [0.15, 0.2) is 28.8 Å². The zero-order chi connectivity index (χ0) is 11.7. The number of hydrogen-bond acceptors (Lipinski definition) is 3. The van der Waals surface area contributed by atoms with Crippen LogP contribution >= 0.6 is 11.6 Å². The number of nitrogens with two attached hydrogens (primary N) is 1. The number of benzene rings is 1. The standard InChI is InChI=1S/C12H13ClN2O/c1-7(2)10-11(16-15-12(10)14)8-5-3-4-6-9(8)13/h3-7H,1-2H3,(H2,14,15). The van der Waals surface area contributed by atoms with Crippen molar-refractivity contribution < 1.29 is 4.52 Å². The van der Waals surface area contributed by atoms with Crippen LogP contribution < -0.4 is 5.73 Å². The molecule has 0 atom stereocenters. The zero-order valence-electron chi connectivity index (χ0n) is 9.20. The smallest absolute Gasteiger partial charge is 0.174 e. The Morgan fingerprint density at radius 2 is 2.00 bits per heavy atom. The van der Waals surface area contributed by atoms with Crippen molar-refractivity contribution in [3.63, 3.8) is 0 Å². The van der Waals surface area contributed by atoms with Gasteiger partial charge in [-0.05, 0) is 18.1 Å². The van der Waals surface area contributed by atoms with Crippen LogP contribution in [0, 0.1) is 0 Å². The molecule has 0 unspecified atom stereocenters. The van der Waals surface area contributed by atoms with E-state index in [0.717, 1.165) is 11.1 Å². The molecule has 0 spiro atoms. The molecule has 2 N–H and O–H groups in total. The highest BCUT2D eigenvalue weighted by Crippen LogP contribution is 2.36. The molecule has 0 saturated carbocycles. The Bertz CT molecular complexity index is 505. The molecule has 0 aliphatic carbocycles. The van der Waals surface area contributed by atoms with E-state index in [0.29, 0.717) is 16.6 Å². The average molecular weight is 237 g/mol. The highest BCUT2D eigenvalue weighted by atomic mass is 35.5. The first kappa shape index (κ1) is 11.0. The minimum atomic E-state index is 0.248. The monoisotopic (exact) mass is 236 g/mol. The van der Waals surface area contributed by atoms with Gasteiger partial charge in [0.25, 0.3) is 0 Å². The van der Waals surface area contributed by atoms with Gasteiger partial charge in [-0.1, -0.05) is 42.7 Å². The third-order valence-corrected chi connectivity index (χ3v) is 2.78. The van der Waals surface area contributed by atoms with Crippen molar-refractivity contribution >= 4 is 17.4 Å². The van der Waals surface area contributed by atoms with E-state index in [1.807, 2.05) is 38.1 Å².